The van der Waals surface area contributed by atoms with Gasteiger partial charge in [0.1, 0.15) is 0 Å². The van der Waals surface area contributed by atoms with Gasteiger partial charge < -0.3 is 5.11 Å². The fraction of sp³-hybridized carbons (Fsp3) is 0.462. The molecule has 0 aliphatic carbocycles. The van der Waals surface area contributed by atoms with E-state index in [9.17, 15) is 4.79 Å². The van der Waals surface area contributed by atoms with E-state index in [0.29, 0.717) is 6.54 Å². The van der Waals surface area contributed by atoms with Crippen LogP contribution in [0.25, 0.3) is 0 Å². The summed E-state index contributed by atoms with van der Waals surface area (Å²) in [4.78, 5) is 13.4. The molecule has 0 spiro atoms. The number of likely N-dealkylation sites (N-methyl/N-ethyl adjacent to an activating group) is 1. The van der Waals surface area contributed by atoms with E-state index in [4.69, 9.17) is 10.9 Å². The van der Waals surface area contributed by atoms with Crippen LogP contribution >= 0.6 is 0 Å². The molecule has 5 nitrogen and oxygen atoms in total. The van der Waals surface area contributed by atoms with Gasteiger partial charge in [0, 0.05) is 13.1 Å². The molecule has 18 heavy (non-hydrogen) atoms. The van der Waals surface area contributed by atoms with Crippen molar-refractivity contribution >= 4 is 5.91 Å². The summed E-state index contributed by atoms with van der Waals surface area (Å²) in [5, 5.41) is 8.82. The predicted molar refractivity (Wildman–Crippen MR) is 70.6 cm³/mol. The van der Waals surface area contributed by atoms with Crippen molar-refractivity contribution in [3.05, 3.63) is 35.4 Å². The summed E-state index contributed by atoms with van der Waals surface area (Å²) in [5.74, 6) is 4.66. The zero-order valence-electron chi connectivity index (χ0n) is 10.9. The summed E-state index contributed by atoms with van der Waals surface area (Å²) in [6.07, 6.45) is 0. The minimum absolute atomic E-state index is 0.155. The van der Waals surface area contributed by atoms with Crippen LogP contribution in [0.1, 0.15) is 24.0 Å². The number of aliphatic hydroxyl groups excluding tert-OH is 1. The highest BCUT2D eigenvalue weighted by atomic mass is 16.3. The number of hydrazine groups is 1. The van der Waals surface area contributed by atoms with Crippen molar-refractivity contribution in [1.82, 2.24) is 10.3 Å². The second-order valence-electron chi connectivity index (χ2n) is 4.43. The zero-order chi connectivity index (χ0) is 13.5. The number of carbonyl (C=O) groups excluding carboxylic acids is 1. The molecule has 1 aromatic rings. The molecule has 0 aliphatic heterocycles. The number of nitrogens with one attached hydrogen (secondary N) is 1. The second kappa shape index (κ2) is 7.10. The topological polar surface area (TPSA) is 78.6 Å². The van der Waals surface area contributed by atoms with Crippen molar-refractivity contribution in [1.29, 1.82) is 0 Å². The van der Waals surface area contributed by atoms with Gasteiger partial charge in [0.2, 0.25) is 5.91 Å². The highest BCUT2D eigenvalue weighted by Gasteiger charge is 2.13. The van der Waals surface area contributed by atoms with Crippen molar-refractivity contribution in [3.63, 3.8) is 0 Å². The molecular weight excluding hydrogens is 230 g/mol. The first kappa shape index (κ1) is 14.6. The fourth-order valence-electron chi connectivity index (χ4n) is 1.75. The Kier molecular flexibility index (Phi) is 5.77. The second-order valence-corrected chi connectivity index (χ2v) is 4.43. The van der Waals surface area contributed by atoms with Gasteiger partial charge in [-0.05, 0) is 25.1 Å². The van der Waals surface area contributed by atoms with Crippen molar-refractivity contribution in [2.24, 2.45) is 5.84 Å². The van der Waals surface area contributed by atoms with E-state index in [1.807, 2.05) is 43.1 Å². The Hall–Kier alpha value is -1.43. The monoisotopic (exact) mass is 251 g/mol. The van der Waals surface area contributed by atoms with Gasteiger partial charge in [-0.25, -0.2) is 5.84 Å². The van der Waals surface area contributed by atoms with Crippen LogP contribution < -0.4 is 11.3 Å². The number of nitrogens with two attached hydrogens (primary N) is 1. The van der Waals surface area contributed by atoms with Crippen LogP contribution in [0.5, 0.6) is 0 Å². The molecule has 0 fully saturated rings. The molecule has 0 aliphatic rings. The Bertz CT molecular complexity index is 378. The van der Waals surface area contributed by atoms with Crippen molar-refractivity contribution in [3.8, 4) is 0 Å². The van der Waals surface area contributed by atoms with Gasteiger partial charge in [-0.15, -0.1) is 0 Å². The Balaban J connectivity index is 2.65. The number of carbonyl (C=O) groups is 1. The fourth-order valence-corrected chi connectivity index (χ4v) is 1.75. The first-order valence-electron chi connectivity index (χ1n) is 5.97. The number of benzene rings is 1. The third-order valence-electron chi connectivity index (χ3n) is 2.95. The Morgan fingerprint density at radius 2 is 2.06 bits per heavy atom. The summed E-state index contributed by atoms with van der Waals surface area (Å²) in [7, 11) is 1.95. The molecule has 4 N–H and O–H groups in total. The lowest BCUT2D eigenvalue weighted by Crippen LogP contribution is -2.33. The molecule has 1 atom stereocenters. The molecule has 0 radical (unpaired) electrons. The summed E-state index contributed by atoms with van der Waals surface area (Å²) in [6, 6.07) is 7.84. The number of hydrogen-bond donors (Lipinski definition) is 3. The smallest absolute Gasteiger partial charge is 0.241 e. The van der Waals surface area contributed by atoms with Crippen LogP contribution in [-0.4, -0.2) is 36.1 Å². The van der Waals surface area contributed by atoms with Crippen molar-refractivity contribution in [2.75, 3.05) is 20.2 Å². The maximum Gasteiger partial charge on any atom is 0.241 e. The molecule has 0 saturated heterocycles. The molecule has 1 amide bonds. The van der Waals surface area contributed by atoms with E-state index in [-0.39, 0.29) is 18.4 Å². The first-order chi connectivity index (χ1) is 8.58. The number of hydrogen-bond acceptors (Lipinski definition) is 4. The lowest BCUT2D eigenvalue weighted by atomic mass is 9.99. The first-order valence-corrected chi connectivity index (χ1v) is 5.97. The SMILES string of the molecule is CC(C(=O)NN)c1ccc(CN(C)CCO)cc1. The number of rotatable bonds is 6. The molecule has 0 bridgehead atoms. The average Bonchev–Trinajstić information content (AvgIpc) is 2.38. The summed E-state index contributed by atoms with van der Waals surface area (Å²) in [6.45, 7) is 3.39. The molecule has 5 heteroatoms. The Morgan fingerprint density at radius 1 is 1.44 bits per heavy atom. The molecule has 1 rings (SSSR count). The normalized spacial score (nSPS) is 12.5. The van der Waals surface area contributed by atoms with Gasteiger partial charge in [0.25, 0.3) is 0 Å². The largest absolute Gasteiger partial charge is 0.395 e. The van der Waals surface area contributed by atoms with E-state index >= 15 is 0 Å². The predicted octanol–water partition coefficient (Wildman–Crippen LogP) is 0.204. The number of nitrogens with zero attached hydrogens (tertiary/aromatic N) is 1. The van der Waals surface area contributed by atoms with Crippen LogP contribution in [-0.2, 0) is 11.3 Å². The van der Waals surface area contributed by atoms with Gasteiger partial charge in [-0.3, -0.25) is 15.1 Å². The summed E-state index contributed by atoms with van der Waals surface area (Å²) < 4.78 is 0. The number of aliphatic hydroxyl groups is 1. The Labute approximate surface area is 108 Å². The number of amides is 1. The van der Waals surface area contributed by atoms with Crippen molar-refractivity contribution in [2.45, 2.75) is 19.4 Å². The van der Waals surface area contributed by atoms with Crippen LogP contribution in [0.4, 0.5) is 0 Å². The van der Waals surface area contributed by atoms with Crippen molar-refractivity contribution < 1.29 is 9.90 Å². The minimum Gasteiger partial charge on any atom is -0.395 e. The van der Waals surface area contributed by atoms with Crippen LogP contribution in [0, 0.1) is 0 Å². The molecule has 1 aromatic carbocycles. The van der Waals surface area contributed by atoms with Gasteiger partial charge in [0.05, 0.1) is 12.5 Å². The minimum atomic E-state index is -0.251. The van der Waals surface area contributed by atoms with Gasteiger partial charge in [-0.2, -0.15) is 0 Å². The van der Waals surface area contributed by atoms with Gasteiger partial charge in [0.15, 0.2) is 0 Å². The third-order valence-corrected chi connectivity index (χ3v) is 2.95. The highest BCUT2D eigenvalue weighted by molar-refractivity contribution is 5.82. The van der Waals surface area contributed by atoms with Crippen LogP contribution in [0.3, 0.4) is 0 Å². The maximum atomic E-state index is 11.4. The maximum absolute atomic E-state index is 11.4. The Morgan fingerprint density at radius 3 is 2.56 bits per heavy atom. The molecule has 100 valence electrons. The third kappa shape index (κ3) is 4.10. The lowest BCUT2D eigenvalue weighted by Gasteiger charge is -2.16. The van der Waals surface area contributed by atoms with E-state index in [1.54, 1.807) is 0 Å². The molecule has 1 unspecified atom stereocenters. The quantitative estimate of drug-likeness (QED) is 0.383. The van der Waals surface area contributed by atoms with E-state index in [2.05, 4.69) is 5.43 Å². The van der Waals surface area contributed by atoms with Gasteiger partial charge >= 0.3 is 0 Å². The van der Waals surface area contributed by atoms with E-state index < -0.39 is 0 Å². The highest BCUT2D eigenvalue weighted by Crippen LogP contribution is 2.16. The standard InChI is InChI=1S/C13H21N3O2/c1-10(13(18)15-14)12-5-3-11(4-6-12)9-16(2)7-8-17/h3-6,10,17H,7-9,14H2,1-2H3,(H,15,18). The van der Waals surface area contributed by atoms with E-state index in [0.717, 1.165) is 17.7 Å². The molecule has 0 aromatic heterocycles. The van der Waals surface area contributed by atoms with Gasteiger partial charge in [-0.1, -0.05) is 24.3 Å². The average molecular weight is 251 g/mol. The molecule has 0 saturated carbocycles. The summed E-state index contributed by atoms with van der Waals surface area (Å²) in [5.41, 5.74) is 4.24. The van der Waals surface area contributed by atoms with E-state index in [1.165, 1.54) is 0 Å². The lowest BCUT2D eigenvalue weighted by molar-refractivity contribution is -0.122. The van der Waals surface area contributed by atoms with Crippen LogP contribution in [0.2, 0.25) is 0 Å². The summed E-state index contributed by atoms with van der Waals surface area (Å²) >= 11 is 0. The zero-order valence-corrected chi connectivity index (χ0v) is 10.9. The molecule has 0 heterocycles. The van der Waals surface area contributed by atoms with Crippen LogP contribution in [0.15, 0.2) is 24.3 Å². The molecular formula is C13H21N3O2.